The molecular weight excluding hydrogens is 362 g/mol. The van der Waals surface area contributed by atoms with Crippen molar-refractivity contribution in [3.05, 3.63) is 27.9 Å². The van der Waals surface area contributed by atoms with Crippen LogP contribution in [0.4, 0.5) is 0 Å². The number of hydrogen-bond acceptors (Lipinski definition) is 6. The molecular formula is C19H27N5O4. The number of aliphatic hydroxyl groups is 1. The number of amides is 1. The molecule has 2 atom stereocenters. The summed E-state index contributed by atoms with van der Waals surface area (Å²) in [6.07, 6.45) is 2.39. The van der Waals surface area contributed by atoms with Crippen LogP contribution in [-0.2, 0) is 16.0 Å². The second-order valence-electron chi connectivity index (χ2n) is 8.09. The van der Waals surface area contributed by atoms with E-state index in [9.17, 15) is 14.7 Å². The minimum absolute atomic E-state index is 0.00379. The van der Waals surface area contributed by atoms with Gasteiger partial charge in [0.15, 0.2) is 0 Å². The molecule has 2 aliphatic heterocycles. The molecule has 4 rings (SSSR count). The van der Waals surface area contributed by atoms with Crippen LogP contribution in [-0.4, -0.2) is 67.4 Å². The molecule has 2 N–H and O–H groups in total. The third-order valence-corrected chi connectivity index (χ3v) is 6.23. The number of rotatable bonds is 3. The highest BCUT2D eigenvalue weighted by atomic mass is 16.5. The summed E-state index contributed by atoms with van der Waals surface area (Å²) in [7, 11) is 0. The summed E-state index contributed by atoms with van der Waals surface area (Å²) in [5.74, 6) is 0.845. The average Bonchev–Trinajstić information content (AvgIpc) is 3.07. The maximum absolute atomic E-state index is 12.8. The summed E-state index contributed by atoms with van der Waals surface area (Å²) >= 11 is 0. The van der Waals surface area contributed by atoms with Crippen molar-refractivity contribution < 1.29 is 14.6 Å². The number of likely N-dealkylation sites (tertiary alicyclic amines) is 1. The Morgan fingerprint density at radius 2 is 2.14 bits per heavy atom. The van der Waals surface area contributed by atoms with Crippen molar-refractivity contribution in [3.63, 3.8) is 0 Å². The minimum Gasteiger partial charge on any atom is -0.389 e. The van der Waals surface area contributed by atoms with Gasteiger partial charge in [0, 0.05) is 44.0 Å². The Hall–Kier alpha value is -2.26. The highest BCUT2D eigenvalue weighted by Crippen LogP contribution is 2.39. The van der Waals surface area contributed by atoms with E-state index in [1.54, 1.807) is 11.8 Å². The number of H-pyrrole nitrogens is 1. The molecule has 2 aromatic rings. The van der Waals surface area contributed by atoms with E-state index in [0.29, 0.717) is 44.2 Å². The number of aromatic amines is 1. The number of carbonyl (C=O) groups excluding carboxylic acids is 1. The molecule has 0 unspecified atom stereocenters. The van der Waals surface area contributed by atoms with Crippen molar-refractivity contribution in [2.45, 2.75) is 45.1 Å². The molecule has 2 aliphatic rings. The SMILES string of the molecule is Cc1cc(=O)n2[nH]c(CC(=O)N3CC[C@@](O)(C4CCOCC4)[C@H](C)C3)nc2n1. The molecule has 0 saturated carbocycles. The first kappa shape index (κ1) is 19.1. The molecule has 0 bridgehead atoms. The topological polar surface area (TPSA) is 113 Å². The molecule has 0 aromatic carbocycles. The molecule has 2 fully saturated rings. The van der Waals surface area contributed by atoms with Crippen molar-refractivity contribution in [3.8, 4) is 0 Å². The standard InChI is InChI=1S/C19H27N5O4/c1-12-11-23(6-5-19(12,27)14-3-7-28-8-4-14)16(25)10-15-21-18-20-13(2)9-17(26)24(18)22-15/h9,12,14,27H,3-8,10-11H2,1-2H3,(H,20,21,22)/t12-,19+/m1/s1. The van der Waals surface area contributed by atoms with Gasteiger partial charge in [0.05, 0.1) is 12.0 Å². The van der Waals surface area contributed by atoms with E-state index in [-0.39, 0.29) is 35.5 Å². The number of nitrogens with zero attached hydrogens (tertiary/aromatic N) is 4. The first-order valence-electron chi connectivity index (χ1n) is 9.90. The van der Waals surface area contributed by atoms with Gasteiger partial charge in [0.2, 0.25) is 5.91 Å². The Bertz CT molecular complexity index is 932. The summed E-state index contributed by atoms with van der Waals surface area (Å²) in [6, 6.07) is 1.42. The number of nitrogens with one attached hydrogen (secondary N) is 1. The molecule has 0 radical (unpaired) electrons. The lowest BCUT2D eigenvalue weighted by molar-refractivity contribution is -0.150. The highest BCUT2D eigenvalue weighted by Gasteiger charge is 2.46. The Kier molecular flexibility index (Phi) is 4.96. The van der Waals surface area contributed by atoms with Crippen LogP contribution in [0.5, 0.6) is 0 Å². The third-order valence-electron chi connectivity index (χ3n) is 6.23. The van der Waals surface area contributed by atoms with Gasteiger partial charge in [-0.3, -0.25) is 14.7 Å². The molecule has 1 amide bonds. The second-order valence-corrected chi connectivity index (χ2v) is 8.09. The number of hydrogen-bond donors (Lipinski definition) is 2. The number of carbonyl (C=O) groups is 1. The summed E-state index contributed by atoms with van der Waals surface area (Å²) < 4.78 is 6.67. The van der Waals surface area contributed by atoms with E-state index < -0.39 is 5.60 Å². The average molecular weight is 389 g/mol. The zero-order valence-electron chi connectivity index (χ0n) is 16.3. The number of piperidine rings is 1. The molecule has 9 nitrogen and oxygen atoms in total. The highest BCUT2D eigenvalue weighted by molar-refractivity contribution is 5.78. The Morgan fingerprint density at radius 1 is 1.39 bits per heavy atom. The predicted octanol–water partition coefficient (Wildman–Crippen LogP) is 0.295. The van der Waals surface area contributed by atoms with E-state index in [4.69, 9.17) is 4.74 Å². The molecule has 2 aromatic heterocycles. The first-order valence-corrected chi connectivity index (χ1v) is 9.90. The molecule has 9 heteroatoms. The van der Waals surface area contributed by atoms with Gasteiger partial charge in [-0.15, -0.1) is 0 Å². The van der Waals surface area contributed by atoms with Crippen LogP contribution >= 0.6 is 0 Å². The van der Waals surface area contributed by atoms with Crippen LogP contribution in [0, 0.1) is 18.8 Å². The van der Waals surface area contributed by atoms with Crippen LogP contribution in [0.15, 0.2) is 10.9 Å². The van der Waals surface area contributed by atoms with Gasteiger partial charge in [-0.2, -0.15) is 9.50 Å². The van der Waals surface area contributed by atoms with Gasteiger partial charge in [-0.25, -0.2) is 4.98 Å². The summed E-state index contributed by atoms with van der Waals surface area (Å²) in [5.41, 5.74) is -0.400. The van der Waals surface area contributed by atoms with Gasteiger partial charge in [0.25, 0.3) is 11.3 Å². The molecule has 28 heavy (non-hydrogen) atoms. The fraction of sp³-hybridized carbons (Fsp3) is 0.684. The Labute approximate surface area is 162 Å². The zero-order chi connectivity index (χ0) is 19.9. The van der Waals surface area contributed by atoms with Crippen molar-refractivity contribution in [1.82, 2.24) is 24.5 Å². The van der Waals surface area contributed by atoms with Crippen molar-refractivity contribution in [1.29, 1.82) is 0 Å². The predicted molar refractivity (Wildman–Crippen MR) is 101 cm³/mol. The molecule has 4 heterocycles. The van der Waals surface area contributed by atoms with Gasteiger partial charge in [-0.1, -0.05) is 6.92 Å². The van der Waals surface area contributed by atoms with Gasteiger partial charge in [0.1, 0.15) is 5.82 Å². The zero-order valence-corrected chi connectivity index (χ0v) is 16.3. The van der Waals surface area contributed by atoms with Crippen molar-refractivity contribution >= 4 is 11.7 Å². The Balaban J connectivity index is 1.44. The number of aryl methyl sites for hydroxylation is 1. The maximum atomic E-state index is 12.8. The number of ether oxygens (including phenoxy) is 1. The summed E-state index contributed by atoms with van der Waals surface area (Å²) in [6.45, 7) is 6.18. The van der Waals surface area contributed by atoms with E-state index in [2.05, 4.69) is 15.1 Å². The maximum Gasteiger partial charge on any atom is 0.274 e. The third kappa shape index (κ3) is 3.44. The van der Waals surface area contributed by atoms with Crippen LogP contribution in [0.1, 0.15) is 37.7 Å². The van der Waals surface area contributed by atoms with E-state index in [0.717, 1.165) is 12.8 Å². The lowest BCUT2D eigenvalue weighted by atomic mass is 9.70. The largest absolute Gasteiger partial charge is 0.389 e. The van der Waals surface area contributed by atoms with Gasteiger partial charge in [-0.05, 0) is 32.1 Å². The van der Waals surface area contributed by atoms with Gasteiger partial charge >= 0.3 is 0 Å². The smallest absolute Gasteiger partial charge is 0.274 e. The van der Waals surface area contributed by atoms with E-state index in [1.165, 1.54) is 10.6 Å². The quantitative estimate of drug-likeness (QED) is 0.780. The monoisotopic (exact) mass is 389 g/mol. The molecule has 0 spiro atoms. The van der Waals surface area contributed by atoms with Crippen LogP contribution in [0.3, 0.4) is 0 Å². The lowest BCUT2D eigenvalue weighted by Gasteiger charge is -2.48. The van der Waals surface area contributed by atoms with E-state index in [1.807, 2.05) is 6.92 Å². The summed E-state index contributed by atoms with van der Waals surface area (Å²) in [5, 5.41) is 14.1. The van der Waals surface area contributed by atoms with Crippen LogP contribution < -0.4 is 5.56 Å². The Morgan fingerprint density at radius 3 is 2.86 bits per heavy atom. The molecule has 0 aliphatic carbocycles. The van der Waals surface area contributed by atoms with Gasteiger partial charge < -0.3 is 14.7 Å². The molecule has 152 valence electrons. The van der Waals surface area contributed by atoms with Crippen molar-refractivity contribution in [2.75, 3.05) is 26.3 Å². The van der Waals surface area contributed by atoms with Crippen LogP contribution in [0.2, 0.25) is 0 Å². The first-order chi connectivity index (χ1) is 13.4. The fourth-order valence-corrected chi connectivity index (χ4v) is 4.54. The molecule has 2 saturated heterocycles. The lowest BCUT2D eigenvalue weighted by Crippen LogP contribution is -2.57. The van der Waals surface area contributed by atoms with Crippen molar-refractivity contribution in [2.24, 2.45) is 11.8 Å². The number of aromatic nitrogens is 4. The van der Waals surface area contributed by atoms with Crippen LogP contribution in [0.25, 0.3) is 5.78 Å². The minimum atomic E-state index is -0.741. The van der Waals surface area contributed by atoms with E-state index >= 15 is 0 Å². The second kappa shape index (κ2) is 7.29. The number of fused-ring (bicyclic) bond motifs is 1. The normalized spacial score (nSPS) is 26.7. The fourth-order valence-electron chi connectivity index (χ4n) is 4.54. The summed E-state index contributed by atoms with van der Waals surface area (Å²) in [4.78, 5) is 35.0.